The summed E-state index contributed by atoms with van der Waals surface area (Å²) in [7, 11) is 0. The topological polar surface area (TPSA) is 147 Å². The third kappa shape index (κ3) is 4.16. The second kappa shape index (κ2) is 6.80. The average molecular weight is 387 g/mol. The number of rotatable bonds is 1. The van der Waals surface area contributed by atoms with Crippen molar-refractivity contribution < 1.29 is 4.92 Å². The van der Waals surface area contributed by atoms with Crippen molar-refractivity contribution in [1.29, 1.82) is 0 Å². The number of nitrogens with zero attached hydrogens (tertiary/aromatic N) is 1. The van der Waals surface area contributed by atoms with Crippen LogP contribution in [-0.4, -0.2) is 4.92 Å². The molecule has 2 aromatic carbocycles. The lowest BCUT2D eigenvalue weighted by Gasteiger charge is -1.98. The molecule has 0 saturated carbocycles. The number of nitro benzene ring substituents is 1. The summed E-state index contributed by atoms with van der Waals surface area (Å²) in [6, 6.07) is 9.66. The van der Waals surface area contributed by atoms with Crippen molar-refractivity contribution in [1.82, 2.24) is 0 Å². The van der Waals surface area contributed by atoms with Gasteiger partial charge in [-0.05, 0) is 46.9 Å². The first kappa shape index (κ1) is 15.8. The summed E-state index contributed by atoms with van der Waals surface area (Å²) in [5.74, 6) is 0. The lowest BCUT2D eigenvalue weighted by Crippen LogP contribution is -1.96. The maximum atomic E-state index is 10.2. The van der Waals surface area contributed by atoms with Crippen LogP contribution in [0.1, 0.15) is 0 Å². The van der Waals surface area contributed by atoms with E-state index in [0.29, 0.717) is 5.69 Å². The highest BCUT2D eigenvalue weighted by molar-refractivity contribution is 14.1. The molecule has 8 heteroatoms. The molecule has 8 N–H and O–H groups in total. The Balaban J connectivity index is 0.000000204. The normalized spacial score (nSPS) is 9.45. The first-order valence-corrected chi connectivity index (χ1v) is 6.49. The van der Waals surface area contributed by atoms with Crippen LogP contribution in [0.4, 0.5) is 28.4 Å². The monoisotopic (exact) mass is 387 g/mol. The predicted molar refractivity (Wildman–Crippen MR) is 89.9 cm³/mol. The molecule has 2 aromatic rings. The molecule has 0 atom stereocenters. The number of anilines is 4. The average Bonchev–Trinajstić information content (AvgIpc) is 2.39. The van der Waals surface area contributed by atoms with Gasteiger partial charge in [-0.25, -0.2) is 0 Å². The van der Waals surface area contributed by atoms with E-state index in [4.69, 9.17) is 22.9 Å². The van der Waals surface area contributed by atoms with Gasteiger partial charge < -0.3 is 22.9 Å². The van der Waals surface area contributed by atoms with Gasteiger partial charge in [0.1, 0.15) is 5.69 Å². The number of nitro groups is 1. The molecule has 0 amide bonds. The zero-order valence-electron chi connectivity index (χ0n) is 10.4. The van der Waals surface area contributed by atoms with E-state index in [2.05, 4.69) is 22.6 Å². The van der Waals surface area contributed by atoms with Gasteiger partial charge in [-0.15, -0.1) is 0 Å². The number of benzene rings is 2. The fraction of sp³-hybridized carbons (Fsp3) is 0. The molecule has 0 radical (unpaired) electrons. The van der Waals surface area contributed by atoms with Gasteiger partial charge in [-0.2, -0.15) is 0 Å². The van der Waals surface area contributed by atoms with Gasteiger partial charge in [-0.1, -0.05) is 6.07 Å². The van der Waals surface area contributed by atoms with Crippen LogP contribution < -0.4 is 22.9 Å². The maximum absolute atomic E-state index is 10.2. The molecule has 106 valence electrons. The Morgan fingerprint density at radius 2 is 1.50 bits per heavy atom. The number of hydrogen-bond acceptors (Lipinski definition) is 6. The first-order valence-electron chi connectivity index (χ1n) is 5.41. The first-order chi connectivity index (χ1) is 9.32. The van der Waals surface area contributed by atoms with Gasteiger partial charge in [0.15, 0.2) is 0 Å². The predicted octanol–water partition coefficient (Wildman–Crippen LogP) is 2.21. The molecule has 0 aliphatic carbocycles. The van der Waals surface area contributed by atoms with Crippen LogP contribution in [0.2, 0.25) is 0 Å². The Hall–Kier alpha value is -2.23. The van der Waals surface area contributed by atoms with Crippen molar-refractivity contribution in [3.8, 4) is 0 Å². The number of halogens is 1. The zero-order valence-corrected chi connectivity index (χ0v) is 12.6. The Labute approximate surface area is 129 Å². The van der Waals surface area contributed by atoms with E-state index in [1.165, 1.54) is 18.2 Å². The Morgan fingerprint density at radius 3 is 1.90 bits per heavy atom. The van der Waals surface area contributed by atoms with Crippen molar-refractivity contribution in [2.45, 2.75) is 0 Å². The minimum absolute atomic E-state index is 0.129. The lowest BCUT2D eigenvalue weighted by molar-refractivity contribution is -0.383. The second-order valence-corrected chi connectivity index (χ2v) is 4.90. The summed E-state index contributed by atoms with van der Waals surface area (Å²) in [6.45, 7) is 0. The van der Waals surface area contributed by atoms with E-state index >= 15 is 0 Å². The fourth-order valence-electron chi connectivity index (χ4n) is 1.29. The molecule has 0 unspecified atom stereocenters. The Morgan fingerprint density at radius 1 is 0.950 bits per heavy atom. The van der Waals surface area contributed by atoms with Gasteiger partial charge in [0, 0.05) is 23.1 Å². The molecular weight excluding hydrogens is 373 g/mol. The molecule has 0 spiro atoms. The maximum Gasteiger partial charge on any atom is 0.294 e. The summed E-state index contributed by atoms with van der Waals surface area (Å²) < 4.78 is 0.940. The van der Waals surface area contributed by atoms with Crippen LogP contribution >= 0.6 is 22.6 Å². The highest BCUT2D eigenvalue weighted by Crippen LogP contribution is 2.23. The summed E-state index contributed by atoms with van der Waals surface area (Å²) in [6.07, 6.45) is 0. The Kier molecular flexibility index (Phi) is 5.38. The summed E-state index contributed by atoms with van der Waals surface area (Å²) in [5, 5.41) is 10.2. The smallest absolute Gasteiger partial charge is 0.294 e. The van der Waals surface area contributed by atoms with Crippen molar-refractivity contribution >= 4 is 51.0 Å². The van der Waals surface area contributed by atoms with E-state index in [-0.39, 0.29) is 11.4 Å². The van der Waals surface area contributed by atoms with Crippen LogP contribution in [0, 0.1) is 13.7 Å². The van der Waals surface area contributed by atoms with Crippen LogP contribution in [0.3, 0.4) is 0 Å². The summed E-state index contributed by atoms with van der Waals surface area (Å²) >= 11 is 2.12. The number of nitrogen functional groups attached to an aromatic ring is 4. The summed E-state index contributed by atoms with van der Waals surface area (Å²) in [4.78, 5) is 9.68. The minimum Gasteiger partial charge on any atom is -0.399 e. The van der Waals surface area contributed by atoms with Gasteiger partial charge in [-0.3, -0.25) is 10.1 Å². The summed E-state index contributed by atoms with van der Waals surface area (Å²) in [5.41, 5.74) is 23.5. The zero-order chi connectivity index (χ0) is 15.3. The third-order valence-corrected chi connectivity index (χ3v) is 3.56. The minimum atomic E-state index is -0.564. The molecule has 0 heterocycles. The number of nitrogens with two attached hydrogens (primary N) is 4. The van der Waals surface area contributed by atoms with Gasteiger partial charge >= 0.3 is 0 Å². The molecule has 20 heavy (non-hydrogen) atoms. The van der Waals surface area contributed by atoms with Crippen molar-refractivity contribution in [2.24, 2.45) is 0 Å². The van der Waals surface area contributed by atoms with Crippen molar-refractivity contribution in [3.05, 3.63) is 50.1 Å². The van der Waals surface area contributed by atoms with Crippen LogP contribution in [0.15, 0.2) is 36.4 Å². The van der Waals surface area contributed by atoms with Gasteiger partial charge in [0.2, 0.25) is 0 Å². The molecule has 0 fully saturated rings. The fourth-order valence-corrected chi connectivity index (χ4v) is 1.65. The molecule has 7 nitrogen and oxygen atoms in total. The molecule has 2 rings (SSSR count). The second-order valence-electron chi connectivity index (χ2n) is 3.83. The molecule has 0 aliphatic rings. The SMILES string of the molecule is Nc1ccc(N)c([N+](=O)[O-])c1.Nc1cccc(N)c1I. The van der Waals surface area contributed by atoms with E-state index < -0.39 is 4.92 Å². The molecule has 0 aliphatic heterocycles. The van der Waals surface area contributed by atoms with E-state index in [9.17, 15) is 10.1 Å². The van der Waals surface area contributed by atoms with Crippen LogP contribution in [0.25, 0.3) is 0 Å². The van der Waals surface area contributed by atoms with Crippen molar-refractivity contribution in [2.75, 3.05) is 22.9 Å². The third-order valence-electron chi connectivity index (χ3n) is 2.31. The lowest BCUT2D eigenvalue weighted by atomic mass is 10.2. The molecule has 0 bridgehead atoms. The van der Waals surface area contributed by atoms with E-state index in [1.54, 1.807) is 0 Å². The van der Waals surface area contributed by atoms with Crippen molar-refractivity contribution in [3.63, 3.8) is 0 Å². The highest BCUT2D eigenvalue weighted by atomic mass is 127. The molecule has 0 saturated heterocycles. The van der Waals surface area contributed by atoms with Gasteiger partial charge in [0.05, 0.1) is 8.49 Å². The quantitative estimate of drug-likeness (QED) is 0.255. The largest absolute Gasteiger partial charge is 0.399 e. The van der Waals surface area contributed by atoms with E-state index in [0.717, 1.165) is 14.9 Å². The van der Waals surface area contributed by atoms with Crippen LogP contribution in [-0.2, 0) is 0 Å². The van der Waals surface area contributed by atoms with E-state index in [1.807, 2.05) is 18.2 Å². The molecule has 0 aromatic heterocycles. The molecular formula is C12H14IN5O2. The number of hydrogen-bond donors (Lipinski definition) is 4. The van der Waals surface area contributed by atoms with Gasteiger partial charge in [0.25, 0.3) is 5.69 Å². The van der Waals surface area contributed by atoms with Crippen LogP contribution in [0.5, 0.6) is 0 Å². The highest BCUT2D eigenvalue weighted by Gasteiger charge is 2.09. The standard InChI is InChI=1S/C6H7IN2.C6H7N3O2/c7-6-4(8)2-1-3-5(6)9;7-4-1-2-5(8)6(3-4)9(10)11/h1-3H,8-9H2;1-3H,7-8H2. The Bertz CT molecular complexity index is 613.